The monoisotopic (exact) mass is 358 g/mol. The summed E-state index contributed by atoms with van der Waals surface area (Å²) < 4.78 is 34.9. The SMILES string of the molecule is O=S(=O)(Nc1cnc2ccccc2c1)c1cnn(C2CCOCC2)c1. The van der Waals surface area contributed by atoms with Crippen molar-refractivity contribution in [3.05, 3.63) is 48.9 Å². The highest BCUT2D eigenvalue weighted by atomic mass is 32.2. The van der Waals surface area contributed by atoms with Crippen LogP contribution in [0.3, 0.4) is 0 Å². The van der Waals surface area contributed by atoms with E-state index in [1.54, 1.807) is 16.9 Å². The van der Waals surface area contributed by atoms with Crippen LogP contribution in [0.1, 0.15) is 18.9 Å². The van der Waals surface area contributed by atoms with E-state index < -0.39 is 10.0 Å². The van der Waals surface area contributed by atoms with Gasteiger partial charge in [-0.15, -0.1) is 0 Å². The van der Waals surface area contributed by atoms with Gasteiger partial charge in [0.15, 0.2) is 0 Å². The highest BCUT2D eigenvalue weighted by Gasteiger charge is 2.21. The molecule has 130 valence electrons. The number of rotatable bonds is 4. The first-order valence-electron chi connectivity index (χ1n) is 8.11. The molecule has 0 radical (unpaired) electrons. The first-order valence-corrected chi connectivity index (χ1v) is 9.60. The molecule has 1 aromatic carbocycles. The topological polar surface area (TPSA) is 86.1 Å². The van der Waals surface area contributed by atoms with Gasteiger partial charge in [0.2, 0.25) is 0 Å². The minimum atomic E-state index is -3.70. The Morgan fingerprint density at radius 2 is 1.96 bits per heavy atom. The Balaban J connectivity index is 1.57. The summed E-state index contributed by atoms with van der Waals surface area (Å²) in [5.41, 5.74) is 1.25. The number of pyridine rings is 1. The summed E-state index contributed by atoms with van der Waals surface area (Å²) in [4.78, 5) is 4.42. The molecule has 4 rings (SSSR count). The first kappa shape index (κ1) is 16.0. The first-order chi connectivity index (χ1) is 12.1. The summed E-state index contributed by atoms with van der Waals surface area (Å²) in [6, 6.07) is 9.50. The number of ether oxygens (including phenoxy) is 1. The molecule has 3 heterocycles. The van der Waals surface area contributed by atoms with Gasteiger partial charge in [0, 0.05) is 24.8 Å². The maximum Gasteiger partial charge on any atom is 0.265 e. The maximum atomic E-state index is 12.6. The molecule has 2 aromatic heterocycles. The van der Waals surface area contributed by atoms with Crippen LogP contribution in [0.25, 0.3) is 10.9 Å². The predicted octanol–water partition coefficient (Wildman–Crippen LogP) is 2.58. The summed E-state index contributed by atoms with van der Waals surface area (Å²) in [5, 5.41) is 5.10. The number of aromatic nitrogens is 3. The van der Waals surface area contributed by atoms with Crippen molar-refractivity contribution in [2.24, 2.45) is 0 Å². The zero-order chi connectivity index (χ0) is 17.3. The molecule has 0 bridgehead atoms. The van der Waals surface area contributed by atoms with E-state index in [1.807, 2.05) is 24.3 Å². The lowest BCUT2D eigenvalue weighted by atomic mass is 10.1. The van der Waals surface area contributed by atoms with Gasteiger partial charge in [0.1, 0.15) is 4.90 Å². The van der Waals surface area contributed by atoms with Crippen LogP contribution in [0, 0.1) is 0 Å². The summed E-state index contributed by atoms with van der Waals surface area (Å²) in [6.07, 6.45) is 6.15. The predicted molar refractivity (Wildman–Crippen MR) is 93.9 cm³/mol. The fraction of sp³-hybridized carbons (Fsp3) is 0.294. The molecule has 0 aliphatic carbocycles. The molecule has 25 heavy (non-hydrogen) atoms. The number of nitrogens with one attached hydrogen (secondary N) is 1. The Labute approximate surface area is 145 Å². The standard InChI is InChI=1S/C17H18N4O3S/c22-25(23,16-11-19-21(12-16)15-5-7-24-8-6-15)20-14-9-13-3-1-2-4-17(13)18-10-14/h1-4,9-12,15,20H,5-8H2. The van der Waals surface area contributed by atoms with Crippen molar-refractivity contribution in [3.8, 4) is 0 Å². The third kappa shape index (κ3) is 3.35. The molecular weight excluding hydrogens is 340 g/mol. The van der Waals surface area contributed by atoms with Gasteiger partial charge < -0.3 is 4.74 Å². The second kappa shape index (κ2) is 6.45. The van der Waals surface area contributed by atoms with Crippen molar-refractivity contribution in [2.45, 2.75) is 23.8 Å². The van der Waals surface area contributed by atoms with E-state index in [0.29, 0.717) is 18.9 Å². The molecule has 0 spiro atoms. The van der Waals surface area contributed by atoms with Crippen LogP contribution < -0.4 is 4.72 Å². The van der Waals surface area contributed by atoms with E-state index in [1.165, 1.54) is 12.4 Å². The Morgan fingerprint density at radius 3 is 2.80 bits per heavy atom. The lowest BCUT2D eigenvalue weighted by Gasteiger charge is -2.22. The fourth-order valence-electron chi connectivity index (χ4n) is 2.95. The molecule has 0 saturated carbocycles. The number of sulfonamides is 1. The second-order valence-corrected chi connectivity index (χ2v) is 7.70. The van der Waals surface area contributed by atoms with Crippen LogP contribution in [0.5, 0.6) is 0 Å². The lowest BCUT2D eigenvalue weighted by molar-refractivity contribution is 0.0662. The maximum absolute atomic E-state index is 12.6. The molecule has 1 aliphatic rings. The van der Waals surface area contributed by atoms with Crippen molar-refractivity contribution in [2.75, 3.05) is 17.9 Å². The molecule has 7 nitrogen and oxygen atoms in total. The van der Waals surface area contributed by atoms with Crippen molar-refractivity contribution in [1.29, 1.82) is 0 Å². The third-order valence-corrected chi connectivity index (χ3v) is 5.63. The third-order valence-electron chi connectivity index (χ3n) is 4.30. The summed E-state index contributed by atoms with van der Waals surface area (Å²) in [6.45, 7) is 1.35. The number of nitrogens with zero attached hydrogens (tertiary/aromatic N) is 3. The summed E-state index contributed by atoms with van der Waals surface area (Å²) in [7, 11) is -3.70. The van der Waals surface area contributed by atoms with Crippen LogP contribution in [0.2, 0.25) is 0 Å². The molecule has 0 unspecified atom stereocenters. The van der Waals surface area contributed by atoms with Crippen LogP contribution in [0.4, 0.5) is 5.69 Å². The van der Waals surface area contributed by atoms with Crippen LogP contribution in [-0.2, 0) is 14.8 Å². The van der Waals surface area contributed by atoms with Gasteiger partial charge in [0.05, 0.1) is 29.6 Å². The molecule has 1 aliphatic heterocycles. The van der Waals surface area contributed by atoms with Gasteiger partial charge in [0.25, 0.3) is 10.0 Å². The molecule has 1 fully saturated rings. The van der Waals surface area contributed by atoms with E-state index in [9.17, 15) is 8.42 Å². The van der Waals surface area contributed by atoms with Crippen LogP contribution in [0.15, 0.2) is 53.8 Å². The minimum Gasteiger partial charge on any atom is -0.381 e. The van der Waals surface area contributed by atoms with Crippen molar-refractivity contribution < 1.29 is 13.2 Å². The number of fused-ring (bicyclic) bond motifs is 1. The van der Waals surface area contributed by atoms with E-state index in [-0.39, 0.29) is 10.9 Å². The summed E-state index contributed by atoms with van der Waals surface area (Å²) >= 11 is 0. The van der Waals surface area contributed by atoms with Gasteiger partial charge >= 0.3 is 0 Å². The highest BCUT2D eigenvalue weighted by Crippen LogP contribution is 2.23. The zero-order valence-corrected chi connectivity index (χ0v) is 14.3. The van der Waals surface area contributed by atoms with Gasteiger partial charge in [-0.2, -0.15) is 5.10 Å². The molecule has 1 N–H and O–H groups in total. The van der Waals surface area contributed by atoms with E-state index >= 15 is 0 Å². The molecule has 1 saturated heterocycles. The normalized spacial score (nSPS) is 16.2. The van der Waals surface area contributed by atoms with Crippen LogP contribution in [-0.4, -0.2) is 36.4 Å². The molecule has 0 atom stereocenters. The second-order valence-electron chi connectivity index (χ2n) is 6.02. The number of hydrogen-bond acceptors (Lipinski definition) is 5. The largest absolute Gasteiger partial charge is 0.381 e. The molecule has 3 aromatic rings. The zero-order valence-electron chi connectivity index (χ0n) is 13.5. The van der Waals surface area contributed by atoms with Crippen LogP contribution >= 0.6 is 0 Å². The Kier molecular flexibility index (Phi) is 4.14. The number of para-hydroxylation sites is 1. The average Bonchev–Trinajstić information content (AvgIpc) is 3.13. The number of hydrogen-bond donors (Lipinski definition) is 1. The van der Waals surface area contributed by atoms with Gasteiger partial charge in [-0.1, -0.05) is 18.2 Å². The van der Waals surface area contributed by atoms with Crippen molar-refractivity contribution >= 4 is 26.6 Å². The highest BCUT2D eigenvalue weighted by molar-refractivity contribution is 7.92. The Morgan fingerprint density at radius 1 is 1.16 bits per heavy atom. The van der Waals surface area contributed by atoms with Crippen molar-refractivity contribution in [3.63, 3.8) is 0 Å². The molecule has 8 heteroatoms. The lowest BCUT2D eigenvalue weighted by Crippen LogP contribution is -2.20. The van der Waals surface area contributed by atoms with Gasteiger partial charge in [-0.05, 0) is 25.0 Å². The average molecular weight is 358 g/mol. The molecule has 0 amide bonds. The number of anilines is 1. The van der Waals surface area contributed by atoms with E-state index in [4.69, 9.17) is 4.74 Å². The summed E-state index contributed by atoms with van der Waals surface area (Å²) in [5.74, 6) is 0. The van der Waals surface area contributed by atoms with E-state index in [2.05, 4.69) is 14.8 Å². The minimum absolute atomic E-state index is 0.146. The quantitative estimate of drug-likeness (QED) is 0.775. The Bertz CT molecular complexity index is 994. The smallest absolute Gasteiger partial charge is 0.265 e. The Hall–Kier alpha value is -2.45. The fourth-order valence-corrected chi connectivity index (χ4v) is 3.92. The van der Waals surface area contributed by atoms with Gasteiger partial charge in [-0.25, -0.2) is 8.42 Å². The van der Waals surface area contributed by atoms with Gasteiger partial charge in [-0.3, -0.25) is 14.4 Å². The van der Waals surface area contributed by atoms with E-state index in [0.717, 1.165) is 23.7 Å². The number of benzene rings is 1. The van der Waals surface area contributed by atoms with Crippen molar-refractivity contribution in [1.82, 2.24) is 14.8 Å². The molecular formula is C17H18N4O3S.